The lowest BCUT2D eigenvalue weighted by atomic mass is 9.87. The highest BCUT2D eigenvalue weighted by molar-refractivity contribution is 4.67. The van der Waals surface area contributed by atoms with Crippen LogP contribution in [0.15, 0.2) is 0 Å². The minimum atomic E-state index is -1.58. The minimum absolute atomic E-state index is 0.362. The zero-order valence-corrected chi connectivity index (χ0v) is 7.22. The van der Waals surface area contributed by atoms with Gasteiger partial charge >= 0.3 is 6.17 Å². The number of nitrogens with zero attached hydrogens (tertiary/aromatic N) is 2. The molecule has 1 aliphatic carbocycles. The Morgan fingerprint density at radius 1 is 1.00 bits per heavy atom. The molecule has 0 saturated heterocycles. The van der Waals surface area contributed by atoms with Crippen molar-refractivity contribution in [2.75, 3.05) is 0 Å². The maximum Gasteiger partial charge on any atom is 0.453 e. The van der Waals surface area contributed by atoms with E-state index in [9.17, 15) is 20.2 Å². The second kappa shape index (κ2) is 4.15. The Balaban J connectivity index is 2.62. The van der Waals surface area contributed by atoms with Crippen LogP contribution in [0.1, 0.15) is 32.1 Å². The van der Waals surface area contributed by atoms with E-state index in [1.165, 1.54) is 0 Å². The van der Waals surface area contributed by atoms with Gasteiger partial charge in [-0.2, -0.15) is 0 Å². The molecule has 0 aromatic rings. The SMILES string of the molecule is O=[N+]([O-])C(C1CCCCC1)[N+](=O)[O-]. The zero-order valence-electron chi connectivity index (χ0n) is 7.22. The highest BCUT2D eigenvalue weighted by Gasteiger charge is 2.42. The van der Waals surface area contributed by atoms with Gasteiger partial charge in [-0.1, -0.05) is 19.3 Å². The van der Waals surface area contributed by atoms with E-state index < -0.39 is 16.0 Å². The second-order valence-corrected chi connectivity index (χ2v) is 3.38. The average molecular weight is 188 g/mol. The van der Waals surface area contributed by atoms with Crippen LogP contribution in [0, 0.1) is 26.1 Å². The van der Waals surface area contributed by atoms with E-state index in [1.807, 2.05) is 0 Å². The maximum atomic E-state index is 10.4. The molecule has 0 heterocycles. The van der Waals surface area contributed by atoms with Gasteiger partial charge in [0.15, 0.2) is 0 Å². The van der Waals surface area contributed by atoms with E-state index >= 15 is 0 Å². The van der Waals surface area contributed by atoms with Crippen molar-refractivity contribution in [3.8, 4) is 0 Å². The van der Waals surface area contributed by atoms with Crippen LogP contribution in [0.5, 0.6) is 0 Å². The molecule has 0 aromatic carbocycles. The first-order valence-corrected chi connectivity index (χ1v) is 4.40. The fraction of sp³-hybridized carbons (Fsp3) is 1.00. The van der Waals surface area contributed by atoms with Crippen molar-refractivity contribution >= 4 is 0 Å². The molecule has 6 nitrogen and oxygen atoms in total. The van der Waals surface area contributed by atoms with Gasteiger partial charge in [0.1, 0.15) is 0 Å². The molecule has 0 bridgehead atoms. The smallest absolute Gasteiger partial charge is 0.259 e. The molecule has 1 saturated carbocycles. The molecule has 0 radical (unpaired) electrons. The van der Waals surface area contributed by atoms with Gasteiger partial charge in [-0.05, 0) is 12.8 Å². The molecular weight excluding hydrogens is 176 g/mol. The van der Waals surface area contributed by atoms with Crippen molar-refractivity contribution in [3.05, 3.63) is 20.2 Å². The zero-order chi connectivity index (χ0) is 9.84. The van der Waals surface area contributed by atoms with Crippen LogP contribution in [-0.2, 0) is 0 Å². The summed E-state index contributed by atoms with van der Waals surface area (Å²) in [6, 6.07) is 0. The number of rotatable bonds is 3. The Morgan fingerprint density at radius 3 is 1.85 bits per heavy atom. The van der Waals surface area contributed by atoms with Crippen LogP contribution in [0.4, 0.5) is 0 Å². The molecule has 0 aromatic heterocycles. The molecule has 1 fully saturated rings. The fourth-order valence-corrected chi connectivity index (χ4v) is 1.85. The first-order chi connectivity index (χ1) is 6.13. The summed E-state index contributed by atoms with van der Waals surface area (Å²) >= 11 is 0. The minimum Gasteiger partial charge on any atom is -0.259 e. The Kier molecular flexibility index (Phi) is 3.16. The van der Waals surface area contributed by atoms with Crippen LogP contribution in [0.3, 0.4) is 0 Å². The van der Waals surface area contributed by atoms with Gasteiger partial charge in [-0.25, -0.2) is 0 Å². The standard InChI is InChI=1S/C7H12N2O4/c10-8(11)7(9(12)13)6-4-2-1-3-5-6/h6-7H,1-5H2. The van der Waals surface area contributed by atoms with Crippen molar-refractivity contribution in [2.24, 2.45) is 5.92 Å². The Hall–Kier alpha value is -1.20. The second-order valence-electron chi connectivity index (χ2n) is 3.38. The van der Waals surface area contributed by atoms with E-state index in [0.29, 0.717) is 12.8 Å². The summed E-state index contributed by atoms with van der Waals surface area (Å²) in [5, 5.41) is 20.8. The molecule has 1 rings (SSSR count). The largest absolute Gasteiger partial charge is 0.453 e. The van der Waals surface area contributed by atoms with Gasteiger partial charge < -0.3 is 0 Å². The molecule has 0 aliphatic heterocycles. The summed E-state index contributed by atoms with van der Waals surface area (Å²) in [5.74, 6) is -0.362. The lowest BCUT2D eigenvalue weighted by Crippen LogP contribution is -2.37. The van der Waals surface area contributed by atoms with E-state index in [2.05, 4.69) is 0 Å². The predicted molar refractivity (Wildman–Crippen MR) is 44.4 cm³/mol. The van der Waals surface area contributed by atoms with Crippen LogP contribution in [0.2, 0.25) is 0 Å². The van der Waals surface area contributed by atoms with Crippen molar-refractivity contribution in [2.45, 2.75) is 38.3 Å². The Morgan fingerprint density at radius 2 is 1.46 bits per heavy atom. The van der Waals surface area contributed by atoms with Gasteiger partial charge in [0.2, 0.25) is 0 Å². The molecule has 0 atom stereocenters. The van der Waals surface area contributed by atoms with Crippen molar-refractivity contribution in [1.82, 2.24) is 0 Å². The third kappa shape index (κ3) is 2.37. The first kappa shape index (κ1) is 9.88. The van der Waals surface area contributed by atoms with E-state index in [-0.39, 0.29) is 5.92 Å². The summed E-state index contributed by atoms with van der Waals surface area (Å²) in [6.45, 7) is 0. The molecular formula is C7H12N2O4. The molecule has 1 aliphatic rings. The van der Waals surface area contributed by atoms with Crippen molar-refractivity contribution in [3.63, 3.8) is 0 Å². The van der Waals surface area contributed by atoms with Crippen LogP contribution in [-0.4, -0.2) is 16.0 Å². The van der Waals surface area contributed by atoms with E-state index in [4.69, 9.17) is 0 Å². The van der Waals surface area contributed by atoms with Gasteiger partial charge in [0.25, 0.3) is 0 Å². The number of hydrogen-bond acceptors (Lipinski definition) is 4. The van der Waals surface area contributed by atoms with Crippen molar-refractivity contribution < 1.29 is 9.85 Å². The van der Waals surface area contributed by atoms with Gasteiger partial charge in [0, 0.05) is 0 Å². The lowest BCUT2D eigenvalue weighted by molar-refractivity contribution is -0.752. The summed E-state index contributed by atoms with van der Waals surface area (Å²) in [5.41, 5.74) is 0. The van der Waals surface area contributed by atoms with Crippen LogP contribution >= 0.6 is 0 Å². The van der Waals surface area contributed by atoms with Crippen molar-refractivity contribution in [1.29, 1.82) is 0 Å². The molecule has 0 unspecified atom stereocenters. The predicted octanol–water partition coefficient (Wildman–Crippen LogP) is 1.45. The number of hydrogen-bond donors (Lipinski definition) is 0. The van der Waals surface area contributed by atoms with Crippen LogP contribution < -0.4 is 0 Å². The van der Waals surface area contributed by atoms with E-state index in [1.54, 1.807) is 0 Å². The Bertz CT molecular complexity index is 199. The molecule has 0 N–H and O–H groups in total. The first-order valence-electron chi connectivity index (χ1n) is 4.40. The summed E-state index contributed by atoms with van der Waals surface area (Å²) in [7, 11) is 0. The Labute approximate surface area is 75.2 Å². The lowest BCUT2D eigenvalue weighted by Gasteiger charge is -2.19. The topological polar surface area (TPSA) is 86.3 Å². The molecule has 0 spiro atoms. The summed E-state index contributed by atoms with van der Waals surface area (Å²) in [4.78, 5) is 19.3. The quantitative estimate of drug-likeness (QED) is 0.381. The highest BCUT2D eigenvalue weighted by atomic mass is 16.7. The maximum absolute atomic E-state index is 10.4. The third-order valence-electron chi connectivity index (χ3n) is 2.50. The molecule has 13 heavy (non-hydrogen) atoms. The molecule has 6 heteroatoms. The summed E-state index contributed by atoms with van der Waals surface area (Å²) in [6.07, 6.45) is 2.45. The number of nitro groups is 2. The van der Waals surface area contributed by atoms with Crippen LogP contribution in [0.25, 0.3) is 0 Å². The van der Waals surface area contributed by atoms with Gasteiger partial charge in [-0.15, -0.1) is 0 Å². The third-order valence-corrected chi connectivity index (χ3v) is 2.50. The average Bonchev–Trinajstić information content (AvgIpc) is 2.04. The molecule has 0 amide bonds. The summed E-state index contributed by atoms with van der Waals surface area (Å²) < 4.78 is 0. The fourth-order valence-electron chi connectivity index (χ4n) is 1.85. The van der Waals surface area contributed by atoms with Gasteiger partial charge in [0.05, 0.1) is 15.8 Å². The monoisotopic (exact) mass is 188 g/mol. The van der Waals surface area contributed by atoms with Gasteiger partial charge in [-0.3, -0.25) is 20.2 Å². The highest BCUT2D eigenvalue weighted by Crippen LogP contribution is 2.27. The normalized spacial score (nSPS) is 18.8. The molecule has 74 valence electrons. The van der Waals surface area contributed by atoms with E-state index in [0.717, 1.165) is 19.3 Å².